The second kappa shape index (κ2) is 8.42. The molecule has 3 heterocycles. The summed E-state index contributed by atoms with van der Waals surface area (Å²) < 4.78 is 0. The Labute approximate surface area is 174 Å². The Balaban J connectivity index is 0.00000225. The van der Waals surface area contributed by atoms with E-state index >= 15 is 0 Å². The molecule has 3 atom stereocenters. The zero-order chi connectivity index (χ0) is 19.1. The molecule has 0 spiro atoms. The summed E-state index contributed by atoms with van der Waals surface area (Å²) in [6.45, 7) is 10.6. The fourth-order valence-electron chi connectivity index (χ4n) is 5.38. The van der Waals surface area contributed by atoms with Crippen LogP contribution in [0.3, 0.4) is 0 Å². The van der Waals surface area contributed by atoms with Crippen LogP contribution in [-0.2, 0) is 9.59 Å². The standard InChI is InChI=1S/C22H31N3O2.ClH/c1-14-8-15(2)21(16(3)9-14)25-13-19(10-20(25)26)22(27)24-6-4-17-11-23-12-18(17)5-7-24;/h8-9,17-19,23H,4-7,10-13H2,1-3H3;1H/t17-,18+,19?;. The molecule has 1 unspecified atom stereocenters. The number of halogens is 1. The highest BCUT2D eigenvalue weighted by Gasteiger charge is 2.39. The molecule has 2 amide bonds. The zero-order valence-corrected chi connectivity index (χ0v) is 18.0. The maximum Gasteiger partial charge on any atom is 0.228 e. The number of anilines is 1. The molecule has 154 valence electrons. The van der Waals surface area contributed by atoms with E-state index in [1.54, 1.807) is 0 Å². The first-order valence-corrected chi connectivity index (χ1v) is 10.3. The van der Waals surface area contributed by atoms with Gasteiger partial charge in [-0.25, -0.2) is 0 Å². The summed E-state index contributed by atoms with van der Waals surface area (Å²) in [5.74, 6) is 1.49. The third kappa shape index (κ3) is 3.92. The Hall–Kier alpha value is -1.59. The van der Waals surface area contributed by atoms with E-state index < -0.39 is 0 Å². The third-order valence-electron chi connectivity index (χ3n) is 6.71. The fourth-order valence-corrected chi connectivity index (χ4v) is 5.38. The van der Waals surface area contributed by atoms with Gasteiger partial charge in [0.1, 0.15) is 0 Å². The molecule has 1 aromatic rings. The molecular weight excluding hydrogens is 374 g/mol. The lowest BCUT2D eigenvalue weighted by Crippen LogP contribution is -2.38. The second-order valence-electron chi connectivity index (χ2n) is 8.73. The lowest BCUT2D eigenvalue weighted by Gasteiger charge is -2.25. The molecule has 5 nitrogen and oxygen atoms in total. The van der Waals surface area contributed by atoms with E-state index in [9.17, 15) is 9.59 Å². The van der Waals surface area contributed by atoms with Crippen LogP contribution in [0, 0.1) is 38.5 Å². The minimum atomic E-state index is -0.200. The van der Waals surface area contributed by atoms with Gasteiger partial charge in [-0.15, -0.1) is 12.4 Å². The number of carbonyl (C=O) groups excluding carboxylic acids is 2. The lowest BCUT2D eigenvalue weighted by molar-refractivity contribution is -0.135. The van der Waals surface area contributed by atoms with Gasteiger partial charge in [-0.2, -0.15) is 0 Å². The van der Waals surface area contributed by atoms with E-state index in [1.165, 1.54) is 5.56 Å². The summed E-state index contributed by atoms with van der Waals surface area (Å²) >= 11 is 0. The van der Waals surface area contributed by atoms with E-state index in [4.69, 9.17) is 0 Å². The molecular formula is C22H32ClN3O2. The monoisotopic (exact) mass is 405 g/mol. The number of rotatable bonds is 2. The van der Waals surface area contributed by atoms with Crippen molar-refractivity contribution in [3.63, 3.8) is 0 Å². The first-order valence-electron chi connectivity index (χ1n) is 10.3. The minimum Gasteiger partial charge on any atom is -0.342 e. The summed E-state index contributed by atoms with van der Waals surface area (Å²) in [4.78, 5) is 29.8. The predicted molar refractivity (Wildman–Crippen MR) is 114 cm³/mol. The van der Waals surface area contributed by atoms with Crippen LogP contribution in [-0.4, -0.2) is 49.4 Å². The molecule has 1 N–H and O–H groups in total. The minimum absolute atomic E-state index is 0. The molecule has 0 aliphatic carbocycles. The largest absolute Gasteiger partial charge is 0.342 e. The van der Waals surface area contributed by atoms with Crippen LogP contribution in [0.5, 0.6) is 0 Å². The van der Waals surface area contributed by atoms with E-state index in [2.05, 4.69) is 38.2 Å². The van der Waals surface area contributed by atoms with Crippen LogP contribution in [0.1, 0.15) is 36.0 Å². The molecule has 4 rings (SSSR count). The van der Waals surface area contributed by atoms with Gasteiger partial charge in [0.15, 0.2) is 0 Å². The highest BCUT2D eigenvalue weighted by atomic mass is 35.5. The maximum atomic E-state index is 13.2. The number of fused-ring (bicyclic) bond motifs is 1. The Kier molecular flexibility index (Phi) is 6.35. The first-order chi connectivity index (χ1) is 12.9. The topological polar surface area (TPSA) is 52.7 Å². The van der Waals surface area contributed by atoms with Gasteiger partial charge in [-0.3, -0.25) is 9.59 Å². The summed E-state index contributed by atoms with van der Waals surface area (Å²) in [6.07, 6.45) is 2.52. The average molecular weight is 406 g/mol. The normalized spacial score (nSPS) is 27.4. The average Bonchev–Trinajstić information content (AvgIpc) is 3.15. The van der Waals surface area contributed by atoms with Crippen molar-refractivity contribution in [3.8, 4) is 0 Å². The lowest BCUT2D eigenvalue weighted by atomic mass is 9.92. The van der Waals surface area contributed by atoms with Crippen LogP contribution in [0.15, 0.2) is 12.1 Å². The molecule has 0 radical (unpaired) electrons. The van der Waals surface area contributed by atoms with Crippen molar-refractivity contribution in [3.05, 3.63) is 28.8 Å². The number of hydrogen-bond donors (Lipinski definition) is 1. The summed E-state index contributed by atoms with van der Waals surface area (Å²) in [7, 11) is 0. The van der Waals surface area contributed by atoms with Crippen molar-refractivity contribution in [2.75, 3.05) is 37.6 Å². The Morgan fingerprint density at radius 2 is 1.61 bits per heavy atom. The van der Waals surface area contributed by atoms with Crippen molar-refractivity contribution in [1.82, 2.24) is 10.2 Å². The molecule has 28 heavy (non-hydrogen) atoms. The molecule has 3 saturated heterocycles. The quantitative estimate of drug-likeness (QED) is 0.823. The zero-order valence-electron chi connectivity index (χ0n) is 17.2. The fraction of sp³-hybridized carbons (Fsp3) is 0.636. The van der Waals surface area contributed by atoms with Crippen molar-refractivity contribution in [2.45, 2.75) is 40.0 Å². The van der Waals surface area contributed by atoms with E-state index in [0.717, 1.165) is 55.8 Å². The maximum absolute atomic E-state index is 13.2. The van der Waals surface area contributed by atoms with Gasteiger partial charge >= 0.3 is 0 Å². The highest BCUT2D eigenvalue weighted by Crippen LogP contribution is 2.33. The molecule has 0 saturated carbocycles. The number of carbonyl (C=O) groups is 2. The van der Waals surface area contributed by atoms with Crippen LogP contribution in [0.25, 0.3) is 0 Å². The second-order valence-corrected chi connectivity index (χ2v) is 8.73. The van der Waals surface area contributed by atoms with Gasteiger partial charge in [0.25, 0.3) is 0 Å². The van der Waals surface area contributed by atoms with Crippen molar-refractivity contribution < 1.29 is 9.59 Å². The number of benzene rings is 1. The van der Waals surface area contributed by atoms with Crippen LogP contribution >= 0.6 is 12.4 Å². The van der Waals surface area contributed by atoms with Gasteiger partial charge in [0.05, 0.1) is 5.92 Å². The number of amides is 2. The molecule has 3 aliphatic rings. The van der Waals surface area contributed by atoms with Crippen LogP contribution < -0.4 is 10.2 Å². The van der Waals surface area contributed by atoms with Gasteiger partial charge in [0, 0.05) is 31.7 Å². The molecule has 6 heteroatoms. The third-order valence-corrected chi connectivity index (χ3v) is 6.71. The van der Waals surface area contributed by atoms with Crippen molar-refractivity contribution >= 4 is 29.9 Å². The predicted octanol–water partition coefficient (Wildman–Crippen LogP) is 2.84. The molecule has 0 aromatic heterocycles. The van der Waals surface area contributed by atoms with Crippen molar-refractivity contribution in [1.29, 1.82) is 0 Å². The van der Waals surface area contributed by atoms with E-state index in [-0.39, 0.29) is 30.1 Å². The summed E-state index contributed by atoms with van der Waals surface area (Å²) in [6, 6.07) is 4.23. The van der Waals surface area contributed by atoms with Crippen LogP contribution in [0.2, 0.25) is 0 Å². The van der Waals surface area contributed by atoms with Crippen molar-refractivity contribution in [2.24, 2.45) is 17.8 Å². The smallest absolute Gasteiger partial charge is 0.228 e. The van der Waals surface area contributed by atoms with Gasteiger partial charge < -0.3 is 15.1 Å². The number of aryl methyl sites for hydroxylation is 3. The molecule has 3 aliphatic heterocycles. The Morgan fingerprint density at radius 3 is 2.18 bits per heavy atom. The summed E-state index contributed by atoms with van der Waals surface area (Å²) in [5, 5.41) is 3.48. The van der Waals surface area contributed by atoms with E-state index in [0.29, 0.717) is 24.8 Å². The molecule has 0 bridgehead atoms. The summed E-state index contributed by atoms with van der Waals surface area (Å²) in [5.41, 5.74) is 4.43. The Morgan fingerprint density at radius 1 is 1.04 bits per heavy atom. The number of hydrogen-bond acceptors (Lipinski definition) is 3. The highest BCUT2D eigenvalue weighted by molar-refractivity contribution is 6.01. The van der Waals surface area contributed by atoms with Gasteiger partial charge in [-0.05, 0) is 69.7 Å². The SMILES string of the molecule is Cc1cc(C)c(N2CC(C(=O)N3CC[C@@H]4CNC[C@@H]4CC3)CC2=O)c(C)c1.Cl. The van der Waals surface area contributed by atoms with Gasteiger partial charge in [-0.1, -0.05) is 17.7 Å². The van der Waals surface area contributed by atoms with Gasteiger partial charge in [0.2, 0.25) is 11.8 Å². The molecule has 3 fully saturated rings. The van der Waals surface area contributed by atoms with E-state index in [1.807, 2.05) is 9.80 Å². The number of likely N-dealkylation sites (tertiary alicyclic amines) is 1. The number of nitrogens with one attached hydrogen (secondary N) is 1. The van der Waals surface area contributed by atoms with Crippen LogP contribution in [0.4, 0.5) is 5.69 Å². The number of nitrogens with zero attached hydrogens (tertiary/aromatic N) is 2. The Bertz CT molecular complexity index is 729. The molecule has 1 aromatic carbocycles. The first kappa shape index (κ1) is 21.1.